The topological polar surface area (TPSA) is 161 Å². The van der Waals surface area contributed by atoms with E-state index >= 15 is 0 Å². The Morgan fingerprint density at radius 1 is 0.679 bits per heavy atom. The normalized spacial score (nSPS) is 17.6. The molecule has 330 valence electrons. The van der Waals surface area contributed by atoms with Crippen molar-refractivity contribution in [3.8, 4) is 0 Å². The van der Waals surface area contributed by atoms with Gasteiger partial charge in [-0.1, -0.05) is 161 Å². The van der Waals surface area contributed by atoms with E-state index in [1.54, 1.807) is 0 Å². The van der Waals surface area contributed by atoms with Gasteiger partial charge in [-0.15, -0.1) is 0 Å². The molecule has 11 nitrogen and oxygen atoms in total. The van der Waals surface area contributed by atoms with Gasteiger partial charge in [0.05, 0.1) is 32.0 Å². The van der Waals surface area contributed by atoms with Gasteiger partial charge in [0.25, 0.3) is 0 Å². The first-order chi connectivity index (χ1) is 27.1. The highest BCUT2D eigenvalue weighted by Gasteiger charge is 2.36. The van der Waals surface area contributed by atoms with Gasteiger partial charge in [0.15, 0.2) is 6.10 Å². The smallest absolute Gasteiger partial charge is 0.462 e. The van der Waals surface area contributed by atoms with E-state index in [0.717, 1.165) is 63.7 Å². The number of esters is 2. The molecule has 0 spiro atoms. The van der Waals surface area contributed by atoms with Gasteiger partial charge in [-0.3, -0.25) is 18.6 Å². The van der Waals surface area contributed by atoms with Crippen LogP contribution in [-0.4, -0.2) is 77.9 Å². The van der Waals surface area contributed by atoms with Crippen LogP contribution in [0.2, 0.25) is 0 Å². The molecule has 1 fully saturated rings. The highest BCUT2D eigenvalue weighted by atomic mass is 31.2. The molecule has 0 saturated carbocycles. The molecule has 1 saturated heterocycles. The fraction of sp³-hybridized carbons (Fsp3) is 0.909. The summed E-state index contributed by atoms with van der Waals surface area (Å²) >= 11 is 0. The Hall–Kier alpha value is -1.33. The summed E-state index contributed by atoms with van der Waals surface area (Å²) in [6.07, 6.45) is 33.5. The largest absolute Gasteiger partial charge is 0.472 e. The summed E-state index contributed by atoms with van der Waals surface area (Å²) in [6, 6.07) is 0. The summed E-state index contributed by atoms with van der Waals surface area (Å²) in [5, 5.41) is 18.3. The molecule has 1 aliphatic rings. The number of rotatable bonds is 41. The Bertz CT molecular complexity index is 1020. The number of aliphatic hydroxyl groups is 2. The number of phosphoric ester groups is 1. The molecule has 0 aliphatic carbocycles. The minimum absolute atomic E-state index is 0.166. The number of allylic oxidation sites excluding steroid dienone is 1. The lowest BCUT2D eigenvalue weighted by atomic mass is 10.0. The lowest BCUT2D eigenvalue weighted by Gasteiger charge is -2.20. The molecule has 0 aromatic rings. The van der Waals surface area contributed by atoms with Crippen LogP contribution in [-0.2, 0) is 37.4 Å². The van der Waals surface area contributed by atoms with E-state index in [1.165, 1.54) is 96.3 Å². The quantitative estimate of drug-likeness (QED) is 0.0177. The van der Waals surface area contributed by atoms with E-state index < -0.39 is 51.8 Å². The predicted octanol–water partition coefficient (Wildman–Crippen LogP) is 10.9. The van der Waals surface area contributed by atoms with Crippen LogP contribution < -0.4 is 0 Å². The summed E-state index contributed by atoms with van der Waals surface area (Å²) in [4.78, 5) is 35.0. The molecular formula is C44H83O11P. The third-order valence-electron chi connectivity index (χ3n) is 10.3. The van der Waals surface area contributed by atoms with Crippen LogP contribution >= 0.6 is 7.82 Å². The molecule has 56 heavy (non-hydrogen) atoms. The van der Waals surface area contributed by atoms with E-state index in [-0.39, 0.29) is 19.4 Å². The van der Waals surface area contributed by atoms with Crippen molar-refractivity contribution in [2.75, 3.05) is 26.4 Å². The fourth-order valence-corrected chi connectivity index (χ4v) is 7.45. The van der Waals surface area contributed by atoms with Crippen molar-refractivity contribution in [2.24, 2.45) is 5.92 Å². The minimum Gasteiger partial charge on any atom is -0.462 e. The zero-order chi connectivity index (χ0) is 41.1. The predicted molar refractivity (Wildman–Crippen MR) is 223 cm³/mol. The van der Waals surface area contributed by atoms with Crippen LogP contribution in [0, 0.1) is 5.92 Å². The van der Waals surface area contributed by atoms with E-state index in [9.17, 15) is 24.2 Å². The Labute approximate surface area is 341 Å². The average molecular weight is 819 g/mol. The third kappa shape index (κ3) is 33.6. The van der Waals surface area contributed by atoms with E-state index in [4.69, 9.17) is 28.4 Å². The van der Waals surface area contributed by atoms with Crippen molar-refractivity contribution in [1.82, 2.24) is 0 Å². The van der Waals surface area contributed by atoms with Crippen LogP contribution in [0.25, 0.3) is 0 Å². The summed E-state index contributed by atoms with van der Waals surface area (Å²) in [5.41, 5.74) is 0. The first-order valence-corrected chi connectivity index (χ1v) is 24.1. The number of carbonyl (C=O) groups is 2. The summed E-state index contributed by atoms with van der Waals surface area (Å²) < 4.78 is 38.5. The van der Waals surface area contributed by atoms with Crippen molar-refractivity contribution in [3.63, 3.8) is 0 Å². The molecule has 0 radical (unpaired) electrons. The van der Waals surface area contributed by atoms with E-state index in [2.05, 4.69) is 32.9 Å². The van der Waals surface area contributed by atoms with Gasteiger partial charge in [-0.25, -0.2) is 4.57 Å². The van der Waals surface area contributed by atoms with Crippen LogP contribution in [0.15, 0.2) is 12.2 Å². The summed E-state index contributed by atoms with van der Waals surface area (Å²) in [7, 11) is -4.62. The second-order valence-corrected chi connectivity index (χ2v) is 17.7. The second-order valence-electron chi connectivity index (χ2n) is 16.3. The molecule has 0 aromatic carbocycles. The van der Waals surface area contributed by atoms with Crippen molar-refractivity contribution in [3.05, 3.63) is 12.2 Å². The maximum absolute atomic E-state index is 12.6. The summed E-state index contributed by atoms with van der Waals surface area (Å²) in [6.45, 7) is 4.69. The molecule has 0 amide bonds. The van der Waals surface area contributed by atoms with Crippen LogP contribution in [0.3, 0.4) is 0 Å². The monoisotopic (exact) mass is 819 g/mol. The molecule has 3 unspecified atom stereocenters. The lowest BCUT2D eigenvalue weighted by Crippen LogP contribution is -2.29. The molecule has 5 atom stereocenters. The number of unbranched alkanes of at least 4 members (excludes halogenated alkanes) is 20. The van der Waals surface area contributed by atoms with Crippen LogP contribution in [0.5, 0.6) is 0 Å². The maximum atomic E-state index is 12.6. The van der Waals surface area contributed by atoms with Gasteiger partial charge in [0.1, 0.15) is 12.7 Å². The number of aliphatic hydroxyl groups excluding tert-OH is 2. The van der Waals surface area contributed by atoms with Crippen molar-refractivity contribution >= 4 is 19.8 Å². The van der Waals surface area contributed by atoms with Gasteiger partial charge in [0, 0.05) is 12.8 Å². The number of carbonyl (C=O) groups excluding carboxylic acids is 2. The van der Waals surface area contributed by atoms with Gasteiger partial charge >= 0.3 is 19.8 Å². The van der Waals surface area contributed by atoms with Crippen molar-refractivity contribution in [1.29, 1.82) is 0 Å². The van der Waals surface area contributed by atoms with Crippen LogP contribution in [0.4, 0.5) is 0 Å². The summed E-state index contributed by atoms with van der Waals surface area (Å²) in [5.74, 6) is -0.115. The molecule has 3 N–H and O–H groups in total. The van der Waals surface area contributed by atoms with Gasteiger partial charge in [-0.2, -0.15) is 0 Å². The number of epoxide rings is 1. The standard InChI is InChI=1S/C44H83O11P/c1-4-5-24-30-41-42(55-41)31-26-21-17-14-15-19-23-28-33-44(48)54-40(37-53-56(49,50)52-35-39(46)34-45)36-51-43(47)32-27-22-18-13-11-9-7-6-8-10-12-16-20-25-29-38(2)3/h21,26,38-42,45-46H,4-20,22-25,27-37H2,1-3H3,(H,49,50)/b26-21-/t39-,40+,41?,42?/m0/s1. The van der Waals surface area contributed by atoms with Gasteiger partial charge in [-0.05, 0) is 44.4 Å². The maximum Gasteiger partial charge on any atom is 0.472 e. The van der Waals surface area contributed by atoms with Crippen LogP contribution in [0.1, 0.15) is 201 Å². The van der Waals surface area contributed by atoms with Gasteiger partial charge < -0.3 is 29.3 Å². The Morgan fingerprint density at radius 3 is 1.79 bits per heavy atom. The number of phosphoric acid groups is 1. The minimum atomic E-state index is -4.62. The zero-order valence-corrected chi connectivity index (χ0v) is 36.6. The molecule has 1 rings (SSSR count). The highest BCUT2D eigenvalue weighted by Crippen LogP contribution is 2.43. The highest BCUT2D eigenvalue weighted by molar-refractivity contribution is 7.47. The Balaban J connectivity index is 2.22. The van der Waals surface area contributed by atoms with Crippen molar-refractivity contribution < 1.29 is 52.5 Å². The molecule has 12 heteroatoms. The zero-order valence-electron chi connectivity index (χ0n) is 35.7. The Kier molecular flexibility index (Phi) is 33.5. The number of hydrogen-bond donors (Lipinski definition) is 3. The van der Waals surface area contributed by atoms with Gasteiger partial charge in [0.2, 0.25) is 0 Å². The average Bonchev–Trinajstić information content (AvgIpc) is 3.93. The number of hydrogen-bond acceptors (Lipinski definition) is 10. The molecule has 1 heterocycles. The first kappa shape index (κ1) is 52.7. The third-order valence-corrected chi connectivity index (χ3v) is 11.2. The lowest BCUT2D eigenvalue weighted by molar-refractivity contribution is -0.161. The molecule has 1 aliphatic heterocycles. The van der Waals surface area contributed by atoms with E-state index in [0.29, 0.717) is 25.0 Å². The Morgan fingerprint density at radius 2 is 1.21 bits per heavy atom. The first-order valence-electron chi connectivity index (χ1n) is 22.6. The second kappa shape index (κ2) is 35.6. The fourth-order valence-electron chi connectivity index (χ4n) is 6.66. The van der Waals surface area contributed by atoms with Crippen molar-refractivity contribution in [2.45, 2.75) is 225 Å². The van der Waals surface area contributed by atoms with E-state index in [1.807, 2.05) is 0 Å². The molecule has 0 bridgehead atoms. The molecule has 0 aromatic heterocycles. The molecular weight excluding hydrogens is 735 g/mol. The SMILES string of the molecule is CCCCCC1OC1C/C=C\CCCCCCCC(=O)O[C@H](COC(=O)CCCCCCCCCCCCCCCCC(C)C)COP(=O)(O)OC[C@@H](O)CO. The number of ether oxygens (including phenoxy) is 3.